The van der Waals surface area contributed by atoms with E-state index in [1.165, 1.54) is 0 Å². The maximum atomic E-state index is 13.5. The monoisotopic (exact) mass is 538 g/mol. The predicted octanol–water partition coefficient (Wildman–Crippen LogP) is 3.97. The Morgan fingerprint density at radius 3 is 2.40 bits per heavy atom. The minimum absolute atomic E-state index is 0. The minimum Gasteiger partial charge on any atom is -0.490 e. The van der Waals surface area contributed by atoms with Gasteiger partial charge in [-0.15, -0.1) is 12.6 Å². The quantitative estimate of drug-likeness (QED) is 0.106. The van der Waals surface area contributed by atoms with Gasteiger partial charge in [0, 0.05) is 48.7 Å². The van der Waals surface area contributed by atoms with E-state index in [1.54, 1.807) is 12.2 Å². The summed E-state index contributed by atoms with van der Waals surface area (Å²) in [5.74, 6) is -2.55. The van der Waals surface area contributed by atoms with Gasteiger partial charge in [0.2, 0.25) is 0 Å². The molecule has 7 atom stereocenters. The molecule has 7 unspecified atom stereocenters. The van der Waals surface area contributed by atoms with Crippen molar-refractivity contribution in [2.24, 2.45) is 23.7 Å². The van der Waals surface area contributed by atoms with Crippen LogP contribution in [0.5, 0.6) is 0 Å². The number of hydrogen-bond acceptors (Lipinski definition) is 5. The van der Waals surface area contributed by atoms with E-state index in [-0.39, 0.29) is 31.3 Å². The Morgan fingerprint density at radius 1 is 1.27 bits per heavy atom. The molecule has 1 aliphatic heterocycles. The minimum atomic E-state index is -5.36. The molecule has 11 heteroatoms. The van der Waals surface area contributed by atoms with Gasteiger partial charge in [-0.05, 0) is 6.42 Å². The van der Waals surface area contributed by atoms with Gasteiger partial charge < -0.3 is 20.3 Å². The molecule has 0 N–H and O–H groups in total. The third-order valence-electron chi connectivity index (χ3n) is 5.85. The van der Waals surface area contributed by atoms with Crippen LogP contribution in [-0.2, 0) is 38.5 Å². The summed E-state index contributed by atoms with van der Waals surface area (Å²) in [5, 5.41) is -4.46. The Labute approximate surface area is 187 Å². The van der Waals surface area contributed by atoms with Crippen LogP contribution in [-0.4, -0.2) is 35.7 Å². The molecule has 0 aromatic heterocycles. The van der Waals surface area contributed by atoms with E-state index < -0.39 is 53.3 Å². The molecule has 4 aliphatic rings. The second kappa shape index (κ2) is 7.66. The standard InChI is InChI=1S/C19H16F5O4S.Rh/c1-3-11(25)27-15-9-6-10-13(14(8-4-5-8)28-16(10)15)12(9)7(2)26-17(18(20,21)22)19(23,24)29;/h4-5,9-10,12-13,15-17,29H,1-2,6H2;/q-1;. The van der Waals surface area contributed by atoms with E-state index in [9.17, 15) is 26.7 Å². The van der Waals surface area contributed by atoms with Crippen LogP contribution in [0.25, 0.3) is 0 Å². The molecule has 4 rings (SSSR count). The van der Waals surface area contributed by atoms with Gasteiger partial charge in [-0.25, -0.2) is 0 Å². The molecule has 0 aromatic carbocycles. The van der Waals surface area contributed by atoms with Crippen molar-refractivity contribution in [3.8, 4) is 0 Å². The second-order valence-electron chi connectivity index (χ2n) is 7.49. The average Bonchev–Trinajstić information content (AvgIpc) is 3.19. The zero-order valence-electron chi connectivity index (χ0n) is 15.1. The molecule has 1 heterocycles. The van der Waals surface area contributed by atoms with Crippen LogP contribution in [0.2, 0.25) is 0 Å². The van der Waals surface area contributed by atoms with Gasteiger partial charge in [-0.1, -0.05) is 18.7 Å². The Hall–Kier alpha value is -1.35. The van der Waals surface area contributed by atoms with E-state index >= 15 is 0 Å². The fourth-order valence-corrected chi connectivity index (χ4v) is 5.03. The van der Waals surface area contributed by atoms with Gasteiger partial charge in [-0.3, -0.25) is 11.4 Å². The third-order valence-corrected chi connectivity index (χ3v) is 6.08. The number of rotatable bonds is 6. The molecule has 2 saturated carbocycles. The molecule has 0 spiro atoms. The Balaban J connectivity index is 0.00000256. The van der Waals surface area contributed by atoms with E-state index in [0.717, 1.165) is 5.57 Å². The number of esters is 1. The molecule has 167 valence electrons. The molecule has 30 heavy (non-hydrogen) atoms. The molecule has 4 nitrogen and oxygen atoms in total. The van der Waals surface area contributed by atoms with Crippen molar-refractivity contribution in [1.29, 1.82) is 0 Å². The first-order valence-corrected chi connectivity index (χ1v) is 9.23. The number of fused-ring (bicyclic) bond motifs is 1. The van der Waals surface area contributed by atoms with Crippen molar-refractivity contribution >= 4 is 18.6 Å². The number of alkyl halides is 5. The molecule has 3 fully saturated rings. The molecule has 1 saturated heterocycles. The number of halogens is 5. The first-order valence-electron chi connectivity index (χ1n) is 8.78. The Bertz CT molecular complexity index is 812. The third kappa shape index (κ3) is 3.83. The summed E-state index contributed by atoms with van der Waals surface area (Å²) in [5.41, 5.74) is 0.787. The molecule has 2 bridgehead atoms. The summed E-state index contributed by atoms with van der Waals surface area (Å²) in [6.07, 6.45) is -3.99. The summed E-state index contributed by atoms with van der Waals surface area (Å²) in [4.78, 5) is 11.7. The van der Waals surface area contributed by atoms with Gasteiger partial charge in [0.25, 0.3) is 6.10 Å². The van der Waals surface area contributed by atoms with Crippen LogP contribution in [0.1, 0.15) is 6.42 Å². The summed E-state index contributed by atoms with van der Waals surface area (Å²) in [7, 11) is 0. The maximum absolute atomic E-state index is 13.5. The number of carbonyl (C=O) groups is 1. The van der Waals surface area contributed by atoms with Gasteiger partial charge in [-0.2, -0.15) is 22.0 Å². The fraction of sp³-hybridized carbons (Fsp3) is 0.526. The van der Waals surface area contributed by atoms with Crippen molar-refractivity contribution in [3.63, 3.8) is 0 Å². The van der Waals surface area contributed by atoms with Crippen LogP contribution in [0.15, 0.2) is 42.4 Å². The smallest absolute Gasteiger partial charge is 0.432 e. The zero-order valence-corrected chi connectivity index (χ0v) is 17.7. The number of thiol groups is 1. The summed E-state index contributed by atoms with van der Waals surface area (Å²) in [6.45, 7) is 6.74. The first-order chi connectivity index (χ1) is 13.4. The van der Waals surface area contributed by atoms with Crippen molar-refractivity contribution < 1.29 is 60.4 Å². The Morgan fingerprint density at radius 2 is 1.90 bits per heavy atom. The van der Waals surface area contributed by atoms with Crippen LogP contribution >= 0.6 is 12.6 Å². The van der Waals surface area contributed by atoms with Gasteiger partial charge >= 0.3 is 11.4 Å². The van der Waals surface area contributed by atoms with Crippen molar-refractivity contribution in [2.45, 2.75) is 36.2 Å². The maximum Gasteiger partial charge on any atom is 0.432 e. The number of allylic oxidation sites excluding steroid dienone is 5. The largest absolute Gasteiger partial charge is 0.490 e. The van der Waals surface area contributed by atoms with Crippen LogP contribution < -0.4 is 0 Å². The normalized spacial score (nSPS) is 34.2. The zero-order chi connectivity index (χ0) is 21.3. The van der Waals surface area contributed by atoms with E-state index in [1.807, 2.05) is 0 Å². The summed E-state index contributed by atoms with van der Waals surface area (Å²) >= 11 is 2.76. The van der Waals surface area contributed by atoms with E-state index in [2.05, 4.69) is 36.6 Å². The molecule has 0 aromatic rings. The van der Waals surface area contributed by atoms with Crippen molar-refractivity contribution in [3.05, 3.63) is 48.5 Å². The van der Waals surface area contributed by atoms with Gasteiger partial charge in [0.15, 0.2) is 0 Å². The molecule has 1 radical (unpaired) electrons. The number of carbonyl (C=O) groups excluding carboxylic acids is 1. The fourth-order valence-electron chi connectivity index (χ4n) is 4.83. The van der Waals surface area contributed by atoms with Gasteiger partial charge in [0.1, 0.15) is 23.9 Å². The molecule has 0 amide bonds. The van der Waals surface area contributed by atoms with E-state index in [0.29, 0.717) is 12.2 Å². The SMILES string of the molecule is C=[C-]C(=O)OC1C2CC3C1OC(=C1C=C1)C3C2C(=C)OC(C(F)(F)F)C(F)(F)S.[Rh]. The van der Waals surface area contributed by atoms with E-state index in [4.69, 9.17) is 9.47 Å². The molecule has 3 aliphatic carbocycles. The van der Waals surface area contributed by atoms with Crippen molar-refractivity contribution in [2.75, 3.05) is 0 Å². The first kappa shape index (κ1) is 23.3. The second-order valence-corrected chi connectivity index (χ2v) is 8.09. The van der Waals surface area contributed by atoms with Crippen LogP contribution in [0.4, 0.5) is 22.0 Å². The topological polar surface area (TPSA) is 44.8 Å². The summed E-state index contributed by atoms with van der Waals surface area (Å²) < 4.78 is 82.3. The predicted molar refractivity (Wildman–Crippen MR) is 92.4 cm³/mol. The average molecular weight is 538 g/mol. The summed E-state index contributed by atoms with van der Waals surface area (Å²) in [6, 6.07) is 0. The molecular formula is C19H16F5O4RhS-. The van der Waals surface area contributed by atoms with Gasteiger partial charge in [0.05, 0.1) is 5.76 Å². The van der Waals surface area contributed by atoms with Crippen molar-refractivity contribution in [1.82, 2.24) is 0 Å². The number of ether oxygens (including phenoxy) is 3. The molecular weight excluding hydrogens is 522 g/mol. The number of hydrogen-bond donors (Lipinski definition) is 1. The Kier molecular flexibility index (Phi) is 5.95. The van der Waals surface area contributed by atoms with Crippen LogP contribution in [0.3, 0.4) is 0 Å². The van der Waals surface area contributed by atoms with Crippen LogP contribution in [0, 0.1) is 29.7 Å².